The van der Waals surface area contributed by atoms with Crippen LogP contribution in [0.3, 0.4) is 0 Å². The highest BCUT2D eigenvalue weighted by Gasteiger charge is 2.23. The van der Waals surface area contributed by atoms with E-state index in [1.165, 1.54) is 0 Å². The minimum atomic E-state index is 0.128. The molecule has 8 nitrogen and oxygen atoms in total. The average Bonchev–Trinajstić information content (AvgIpc) is 2.80. The number of hydrogen-bond donors (Lipinski definition) is 0. The molecule has 0 spiro atoms. The number of amides is 1. The van der Waals surface area contributed by atoms with Gasteiger partial charge in [0.15, 0.2) is 11.6 Å². The van der Waals surface area contributed by atoms with E-state index in [0.717, 1.165) is 62.3 Å². The number of methoxy groups -OCH3 is 1. The summed E-state index contributed by atoms with van der Waals surface area (Å²) >= 11 is 0. The fourth-order valence-electron chi connectivity index (χ4n) is 3.76. The maximum atomic E-state index is 12.7. The van der Waals surface area contributed by atoms with Crippen molar-refractivity contribution in [1.29, 1.82) is 0 Å². The van der Waals surface area contributed by atoms with E-state index < -0.39 is 0 Å². The van der Waals surface area contributed by atoms with E-state index in [0.29, 0.717) is 19.5 Å². The molecule has 0 aliphatic carbocycles. The molecule has 0 unspecified atom stereocenters. The Balaban J connectivity index is 1.31. The van der Waals surface area contributed by atoms with Gasteiger partial charge in [-0.15, -0.1) is 10.2 Å². The lowest BCUT2D eigenvalue weighted by molar-refractivity contribution is -0.130. The highest BCUT2D eigenvalue weighted by molar-refractivity contribution is 5.79. The van der Waals surface area contributed by atoms with Gasteiger partial charge in [0.1, 0.15) is 5.75 Å². The first-order chi connectivity index (χ1) is 14.2. The fourth-order valence-corrected chi connectivity index (χ4v) is 3.76. The first kappa shape index (κ1) is 19.4. The van der Waals surface area contributed by atoms with Crippen molar-refractivity contribution < 1.29 is 14.3 Å². The molecule has 0 bridgehead atoms. The zero-order valence-electron chi connectivity index (χ0n) is 16.8. The van der Waals surface area contributed by atoms with Crippen LogP contribution >= 0.6 is 0 Å². The van der Waals surface area contributed by atoms with Gasteiger partial charge in [-0.3, -0.25) is 4.79 Å². The molecule has 2 aromatic rings. The highest BCUT2D eigenvalue weighted by atomic mass is 16.5. The lowest BCUT2D eigenvalue weighted by atomic mass is 10.1. The second kappa shape index (κ2) is 9.09. The van der Waals surface area contributed by atoms with Gasteiger partial charge >= 0.3 is 0 Å². The Morgan fingerprint density at radius 3 is 2.17 bits per heavy atom. The number of anilines is 2. The minimum absolute atomic E-state index is 0.128. The summed E-state index contributed by atoms with van der Waals surface area (Å²) in [7, 11) is 1.63. The molecule has 0 saturated carbocycles. The van der Waals surface area contributed by atoms with Crippen molar-refractivity contribution in [3.05, 3.63) is 42.0 Å². The van der Waals surface area contributed by atoms with Gasteiger partial charge in [0.05, 0.1) is 26.7 Å². The number of rotatable bonds is 5. The average molecular weight is 397 g/mol. The summed E-state index contributed by atoms with van der Waals surface area (Å²) in [6, 6.07) is 11.7. The van der Waals surface area contributed by atoms with Gasteiger partial charge in [0.2, 0.25) is 5.91 Å². The van der Waals surface area contributed by atoms with Gasteiger partial charge < -0.3 is 24.2 Å². The van der Waals surface area contributed by atoms with Crippen molar-refractivity contribution in [3.63, 3.8) is 0 Å². The number of aromatic nitrogens is 2. The Kier molecular flexibility index (Phi) is 6.09. The largest absolute Gasteiger partial charge is 0.496 e. The smallest absolute Gasteiger partial charge is 0.227 e. The molecular weight excluding hydrogens is 370 g/mol. The van der Waals surface area contributed by atoms with Crippen molar-refractivity contribution in [2.24, 2.45) is 0 Å². The Hall–Kier alpha value is -2.87. The molecule has 29 heavy (non-hydrogen) atoms. The highest BCUT2D eigenvalue weighted by Crippen LogP contribution is 2.20. The molecule has 4 rings (SSSR count). The van der Waals surface area contributed by atoms with Gasteiger partial charge in [-0.25, -0.2) is 0 Å². The number of hydrogen-bond acceptors (Lipinski definition) is 7. The van der Waals surface area contributed by atoms with Gasteiger partial charge in [0, 0.05) is 44.8 Å². The molecule has 0 radical (unpaired) electrons. The third-order valence-electron chi connectivity index (χ3n) is 5.46. The van der Waals surface area contributed by atoms with E-state index in [4.69, 9.17) is 9.47 Å². The number of piperazine rings is 1. The molecule has 2 fully saturated rings. The third-order valence-corrected chi connectivity index (χ3v) is 5.46. The van der Waals surface area contributed by atoms with Crippen molar-refractivity contribution in [2.45, 2.75) is 6.42 Å². The van der Waals surface area contributed by atoms with Gasteiger partial charge in [-0.1, -0.05) is 18.2 Å². The molecule has 154 valence electrons. The SMILES string of the molecule is COc1ccccc1CC(=O)N1CCN(c2ccc(N3CCOCC3)nn2)CC1. The van der Waals surface area contributed by atoms with Gasteiger partial charge in [-0.05, 0) is 18.2 Å². The van der Waals surface area contributed by atoms with Gasteiger partial charge in [-0.2, -0.15) is 0 Å². The summed E-state index contributed by atoms with van der Waals surface area (Å²) in [6.45, 7) is 6.03. The second-order valence-electron chi connectivity index (χ2n) is 7.21. The Morgan fingerprint density at radius 2 is 1.55 bits per heavy atom. The predicted molar refractivity (Wildman–Crippen MR) is 111 cm³/mol. The molecule has 2 aliphatic rings. The molecule has 0 atom stereocenters. The molecule has 1 amide bonds. The normalized spacial score (nSPS) is 17.3. The summed E-state index contributed by atoms with van der Waals surface area (Å²) in [6.07, 6.45) is 0.359. The molecule has 2 aliphatic heterocycles. The number of benzene rings is 1. The number of para-hydroxylation sites is 1. The monoisotopic (exact) mass is 397 g/mol. The Labute approximate surface area is 171 Å². The van der Waals surface area contributed by atoms with Crippen molar-refractivity contribution in [2.75, 3.05) is 69.4 Å². The molecule has 3 heterocycles. The zero-order chi connectivity index (χ0) is 20.1. The Morgan fingerprint density at radius 1 is 0.931 bits per heavy atom. The molecule has 2 saturated heterocycles. The van der Waals surface area contributed by atoms with Crippen molar-refractivity contribution in [1.82, 2.24) is 15.1 Å². The fraction of sp³-hybridized carbons (Fsp3) is 0.476. The van der Waals surface area contributed by atoms with Crippen molar-refractivity contribution in [3.8, 4) is 5.75 Å². The lowest BCUT2D eigenvalue weighted by Crippen LogP contribution is -2.49. The topological polar surface area (TPSA) is 71.0 Å². The quantitative estimate of drug-likeness (QED) is 0.751. The van der Waals surface area contributed by atoms with Crippen LogP contribution in [0.1, 0.15) is 5.56 Å². The molecular formula is C21H27N5O3. The van der Waals surface area contributed by atoms with E-state index in [2.05, 4.69) is 20.0 Å². The second-order valence-corrected chi connectivity index (χ2v) is 7.21. The van der Waals surface area contributed by atoms with Crippen LogP contribution in [0.15, 0.2) is 36.4 Å². The van der Waals surface area contributed by atoms with Crippen LogP contribution in [-0.2, 0) is 16.0 Å². The van der Waals surface area contributed by atoms with Crippen LogP contribution in [0.2, 0.25) is 0 Å². The molecule has 1 aromatic carbocycles. The summed E-state index contributed by atoms with van der Waals surface area (Å²) in [5.74, 6) is 2.64. The number of morpholine rings is 1. The van der Waals surface area contributed by atoms with Crippen LogP contribution < -0.4 is 14.5 Å². The van der Waals surface area contributed by atoms with Crippen LogP contribution in [0, 0.1) is 0 Å². The Bertz CT molecular complexity index is 815. The minimum Gasteiger partial charge on any atom is -0.496 e. The maximum absolute atomic E-state index is 12.7. The van der Waals surface area contributed by atoms with E-state index >= 15 is 0 Å². The summed E-state index contributed by atoms with van der Waals surface area (Å²) in [5.41, 5.74) is 0.923. The van der Waals surface area contributed by atoms with Crippen LogP contribution in [0.25, 0.3) is 0 Å². The van der Waals surface area contributed by atoms with E-state index in [1.807, 2.05) is 41.3 Å². The number of nitrogens with zero attached hydrogens (tertiary/aromatic N) is 5. The standard InChI is InChI=1S/C21H27N5O3/c1-28-18-5-3-2-4-17(18)16-21(27)26-10-8-24(9-11-26)19-6-7-20(23-22-19)25-12-14-29-15-13-25/h2-7H,8-16H2,1H3. The van der Waals surface area contributed by atoms with Crippen LogP contribution in [0.5, 0.6) is 5.75 Å². The number of ether oxygens (including phenoxy) is 2. The lowest BCUT2D eigenvalue weighted by Gasteiger charge is -2.35. The van der Waals surface area contributed by atoms with Crippen molar-refractivity contribution >= 4 is 17.5 Å². The predicted octanol–water partition coefficient (Wildman–Crippen LogP) is 1.21. The van der Waals surface area contributed by atoms with E-state index in [1.54, 1.807) is 7.11 Å². The van der Waals surface area contributed by atoms with E-state index in [-0.39, 0.29) is 5.91 Å². The summed E-state index contributed by atoms with van der Waals surface area (Å²) in [4.78, 5) is 19.0. The number of carbonyl (C=O) groups excluding carboxylic acids is 1. The summed E-state index contributed by atoms with van der Waals surface area (Å²) < 4.78 is 10.7. The third kappa shape index (κ3) is 4.59. The van der Waals surface area contributed by atoms with Crippen LogP contribution in [0.4, 0.5) is 11.6 Å². The summed E-state index contributed by atoms with van der Waals surface area (Å²) in [5, 5.41) is 8.80. The van der Waals surface area contributed by atoms with Crippen LogP contribution in [-0.4, -0.2) is 80.6 Å². The van der Waals surface area contributed by atoms with E-state index in [9.17, 15) is 4.79 Å². The molecule has 1 aromatic heterocycles. The first-order valence-electron chi connectivity index (χ1n) is 10.1. The molecule has 0 N–H and O–H groups in total. The zero-order valence-corrected chi connectivity index (χ0v) is 16.8. The van der Waals surface area contributed by atoms with Gasteiger partial charge in [0.25, 0.3) is 0 Å². The molecule has 8 heteroatoms. The number of carbonyl (C=O) groups is 1. The maximum Gasteiger partial charge on any atom is 0.227 e. The first-order valence-corrected chi connectivity index (χ1v) is 10.1.